The zero-order valence-electron chi connectivity index (χ0n) is 18.9. The molecule has 3 heteroatoms. The van der Waals surface area contributed by atoms with Crippen LogP contribution in [0.3, 0.4) is 0 Å². The molecule has 0 heterocycles. The van der Waals surface area contributed by atoms with Crippen LogP contribution in [0.5, 0.6) is 5.75 Å². The van der Waals surface area contributed by atoms with E-state index in [9.17, 15) is 0 Å². The highest BCUT2D eigenvalue weighted by molar-refractivity contribution is 6.33. The molecule has 163 valence electrons. The first-order chi connectivity index (χ1) is 17.3. The van der Waals surface area contributed by atoms with Crippen molar-refractivity contribution in [3.8, 4) is 16.9 Å². The standard InChI is InChI=1S/C32H20BO2/c34-33-35-23-16-15-20-17-22(14-13-21(20)18-23)30-19-31-26-9-2-1-7-24(26)25-8-3-5-11-28(25)32(31)29-12-6-4-10-27(29)30/h1-19,34H. The fraction of sp³-hybridized carbons (Fsp3) is 0. The summed E-state index contributed by atoms with van der Waals surface area (Å²) < 4.78 is 5.14. The highest BCUT2D eigenvalue weighted by Gasteiger charge is 2.15. The van der Waals surface area contributed by atoms with Gasteiger partial charge in [-0.2, -0.15) is 0 Å². The van der Waals surface area contributed by atoms with E-state index in [2.05, 4.69) is 97.1 Å². The lowest BCUT2D eigenvalue weighted by Gasteiger charge is -2.16. The van der Waals surface area contributed by atoms with Crippen molar-refractivity contribution in [2.45, 2.75) is 0 Å². The topological polar surface area (TPSA) is 29.5 Å². The van der Waals surface area contributed by atoms with Crippen LogP contribution in [-0.2, 0) is 0 Å². The summed E-state index contributed by atoms with van der Waals surface area (Å²) in [5, 5.41) is 21.4. The van der Waals surface area contributed by atoms with Crippen LogP contribution in [0.1, 0.15) is 0 Å². The minimum atomic E-state index is 0.613. The molecule has 1 N–H and O–H groups in total. The van der Waals surface area contributed by atoms with Gasteiger partial charge < -0.3 is 9.68 Å². The van der Waals surface area contributed by atoms with E-state index in [0.717, 1.165) is 10.8 Å². The van der Waals surface area contributed by atoms with E-state index in [0.29, 0.717) is 13.4 Å². The van der Waals surface area contributed by atoms with E-state index in [1.54, 1.807) is 0 Å². The van der Waals surface area contributed by atoms with Gasteiger partial charge in [0.05, 0.1) is 0 Å². The third kappa shape index (κ3) is 3.09. The van der Waals surface area contributed by atoms with Gasteiger partial charge in [0.1, 0.15) is 5.75 Å². The maximum atomic E-state index is 8.97. The monoisotopic (exact) mass is 447 g/mol. The van der Waals surface area contributed by atoms with Crippen LogP contribution in [0.4, 0.5) is 0 Å². The fourth-order valence-corrected chi connectivity index (χ4v) is 5.53. The first-order valence-corrected chi connectivity index (χ1v) is 11.7. The molecule has 0 aromatic heterocycles. The van der Waals surface area contributed by atoms with Crippen molar-refractivity contribution in [1.29, 1.82) is 0 Å². The highest BCUT2D eigenvalue weighted by Crippen LogP contribution is 2.43. The van der Waals surface area contributed by atoms with Gasteiger partial charge in [-0.15, -0.1) is 0 Å². The molecule has 0 saturated carbocycles. The van der Waals surface area contributed by atoms with E-state index in [4.69, 9.17) is 9.68 Å². The van der Waals surface area contributed by atoms with E-state index in [-0.39, 0.29) is 0 Å². The molecule has 7 rings (SSSR count). The molecule has 0 unspecified atom stereocenters. The van der Waals surface area contributed by atoms with Gasteiger partial charge in [0.25, 0.3) is 0 Å². The highest BCUT2D eigenvalue weighted by atomic mass is 16.5. The number of rotatable bonds is 3. The summed E-state index contributed by atoms with van der Waals surface area (Å²) in [7, 11) is 0.713. The Morgan fingerprint density at radius 1 is 0.486 bits per heavy atom. The molecule has 0 aliphatic rings. The molecule has 2 nitrogen and oxygen atoms in total. The SMILES string of the molecule is O[B]Oc1ccc2cc(-c3cc4c5ccccc5c5ccccc5c4c4ccccc34)ccc2c1. The summed E-state index contributed by atoms with van der Waals surface area (Å²) in [6.45, 7) is 0. The second-order valence-electron chi connectivity index (χ2n) is 8.93. The lowest BCUT2D eigenvalue weighted by atomic mass is 9.87. The van der Waals surface area contributed by atoms with Gasteiger partial charge in [0.15, 0.2) is 0 Å². The largest absolute Gasteiger partial charge is 0.569 e. The predicted molar refractivity (Wildman–Crippen MR) is 148 cm³/mol. The van der Waals surface area contributed by atoms with Crippen LogP contribution >= 0.6 is 0 Å². The van der Waals surface area contributed by atoms with E-state index >= 15 is 0 Å². The van der Waals surface area contributed by atoms with Gasteiger partial charge in [-0.05, 0) is 89.3 Å². The van der Waals surface area contributed by atoms with Gasteiger partial charge in [-0.1, -0.05) is 91.0 Å². The number of hydrogen-bond acceptors (Lipinski definition) is 2. The minimum Gasteiger partial charge on any atom is -0.537 e. The maximum Gasteiger partial charge on any atom is 0.569 e. The molecule has 0 fully saturated rings. The molecule has 0 atom stereocenters. The number of fused-ring (bicyclic) bond motifs is 9. The van der Waals surface area contributed by atoms with Gasteiger partial charge in [-0.3, -0.25) is 0 Å². The lowest BCUT2D eigenvalue weighted by Crippen LogP contribution is -1.99. The Kier molecular flexibility index (Phi) is 4.51. The smallest absolute Gasteiger partial charge is 0.537 e. The average Bonchev–Trinajstić information content (AvgIpc) is 2.92. The van der Waals surface area contributed by atoms with Crippen LogP contribution in [0.15, 0.2) is 115 Å². The summed E-state index contributed by atoms with van der Waals surface area (Å²) >= 11 is 0. The number of hydrogen-bond donors (Lipinski definition) is 1. The molecule has 0 spiro atoms. The second-order valence-corrected chi connectivity index (χ2v) is 8.93. The van der Waals surface area contributed by atoms with Crippen molar-refractivity contribution in [3.63, 3.8) is 0 Å². The first kappa shape index (κ1) is 20.1. The van der Waals surface area contributed by atoms with Gasteiger partial charge in [0.2, 0.25) is 0 Å². The summed E-state index contributed by atoms with van der Waals surface area (Å²) in [4.78, 5) is 0. The molecule has 0 amide bonds. The van der Waals surface area contributed by atoms with Crippen LogP contribution in [-0.4, -0.2) is 12.7 Å². The quantitative estimate of drug-likeness (QED) is 0.220. The Morgan fingerprint density at radius 3 is 1.74 bits per heavy atom. The Hall–Kier alpha value is -4.34. The molecule has 0 aliphatic heterocycles. The van der Waals surface area contributed by atoms with Crippen LogP contribution < -0.4 is 4.65 Å². The molecule has 0 bridgehead atoms. The van der Waals surface area contributed by atoms with Crippen LogP contribution in [0.25, 0.3) is 65.0 Å². The van der Waals surface area contributed by atoms with Crippen LogP contribution in [0.2, 0.25) is 0 Å². The third-order valence-electron chi connectivity index (χ3n) is 7.06. The Bertz CT molecular complexity index is 1920. The Morgan fingerprint density at radius 2 is 1.03 bits per heavy atom. The molecule has 7 aromatic carbocycles. The van der Waals surface area contributed by atoms with Crippen molar-refractivity contribution in [1.82, 2.24) is 0 Å². The molecule has 7 aromatic rings. The van der Waals surface area contributed by atoms with Crippen molar-refractivity contribution < 1.29 is 9.68 Å². The molecule has 35 heavy (non-hydrogen) atoms. The summed E-state index contributed by atoms with van der Waals surface area (Å²) in [6.07, 6.45) is 0. The average molecular weight is 447 g/mol. The number of benzene rings is 7. The minimum absolute atomic E-state index is 0.613. The zero-order valence-corrected chi connectivity index (χ0v) is 18.9. The normalized spacial score (nSPS) is 11.6. The molecular weight excluding hydrogens is 427 g/mol. The van der Waals surface area contributed by atoms with E-state index < -0.39 is 0 Å². The van der Waals surface area contributed by atoms with E-state index in [1.165, 1.54) is 54.2 Å². The van der Waals surface area contributed by atoms with E-state index in [1.807, 2.05) is 18.2 Å². The second kappa shape index (κ2) is 7.87. The summed E-state index contributed by atoms with van der Waals surface area (Å²) in [6, 6.07) is 40.9. The Labute approximate surface area is 203 Å². The fourth-order valence-electron chi connectivity index (χ4n) is 5.53. The van der Waals surface area contributed by atoms with Crippen molar-refractivity contribution in [3.05, 3.63) is 115 Å². The molecule has 1 radical (unpaired) electrons. The lowest BCUT2D eigenvalue weighted by molar-refractivity contribution is 0.454. The van der Waals surface area contributed by atoms with Crippen molar-refractivity contribution in [2.75, 3.05) is 0 Å². The molecule has 0 aliphatic carbocycles. The summed E-state index contributed by atoms with van der Waals surface area (Å²) in [5.74, 6) is 0.613. The predicted octanol–water partition coefficient (Wildman–Crippen LogP) is 8.02. The Balaban J connectivity index is 1.60. The zero-order chi connectivity index (χ0) is 23.4. The van der Waals surface area contributed by atoms with Gasteiger partial charge >= 0.3 is 7.69 Å². The third-order valence-corrected chi connectivity index (χ3v) is 7.06. The van der Waals surface area contributed by atoms with Gasteiger partial charge in [0, 0.05) is 0 Å². The van der Waals surface area contributed by atoms with Crippen molar-refractivity contribution >= 4 is 61.5 Å². The maximum absolute atomic E-state index is 8.97. The van der Waals surface area contributed by atoms with Crippen molar-refractivity contribution in [2.24, 2.45) is 0 Å². The molecule has 0 saturated heterocycles. The van der Waals surface area contributed by atoms with Crippen LogP contribution in [0, 0.1) is 0 Å². The molecular formula is C32H20BO2. The first-order valence-electron chi connectivity index (χ1n) is 11.7. The van der Waals surface area contributed by atoms with Gasteiger partial charge in [-0.25, -0.2) is 0 Å². The summed E-state index contributed by atoms with van der Waals surface area (Å²) in [5.41, 5.74) is 2.40.